The van der Waals surface area contributed by atoms with Gasteiger partial charge in [-0.3, -0.25) is 4.90 Å². The lowest BCUT2D eigenvalue weighted by atomic mass is 9.97. The molecule has 134 valence electrons. The Kier molecular flexibility index (Phi) is 6.32. The van der Waals surface area contributed by atoms with Gasteiger partial charge in [-0.2, -0.15) is 0 Å². The minimum atomic E-state index is -0.429. The smallest absolute Gasteiger partial charge is 0.410 e. The highest BCUT2D eigenvalue weighted by Gasteiger charge is 2.32. The summed E-state index contributed by atoms with van der Waals surface area (Å²) in [5.74, 6) is 0.519. The Balaban J connectivity index is 1.85. The molecule has 2 saturated heterocycles. The first-order valence-corrected chi connectivity index (χ1v) is 9.14. The van der Waals surface area contributed by atoms with Gasteiger partial charge in [-0.05, 0) is 72.3 Å². The zero-order valence-corrected chi connectivity index (χ0v) is 15.3. The van der Waals surface area contributed by atoms with Crippen LogP contribution in [0.4, 0.5) is 4.79 Å². The van der Waals surface area contributed by atoms with Gasteiger partial charge in [0.15, 0.2) is 0 Å². The number of hydrogen-bond donors (Lipinski definition) is 1. The fourth-order valence-electron chi connectivity index (χ4n) is 3.83. The minimum absolute atomic E-state index is 0.177. The van der Waals surface area contributed by atoms with Gasteiger partial charge in [-0.25, -0.2) is 4.79 Å². The second-order valence-corrected chi connectivity index (χ2v) is 8.31. The topological polar surface area (TPSA) is 53.0 Å². The number of aliphatic hydroxyl groups excluding tert-OH is 1. The Bertz CT molecular complexity index is 392. The Hall–Kier alpha value is -0.810. The number of amides is 1. The normalized spacial score (nSPS) is 28.0. The minimum Gasteiger partial charge on any atom is -0.444 e. The van der Waals surface area contributed by atoms with Crippen molar-refractivity contribution in [3.63, 3.8) is 0 Å². The van der Waals surface area contributed by atoms with E-state index in [4.69, 9.17) is 4.74 Å². The predicted molar refractivity (Wildman–Crippen MR) is 91.4 cm³/mol. The fourth-order valence-corrected chi connectivity index (χ4v) is 3.83. The molecule has 1 N–H and O–H groups in total. The van der Waals surface area contributed by atoms with Crippen molar-refractivity contribution in [1.82, 2.24) is 9.80 Å². The van der Waals surface area contributed by atoms with Crippen LogP contribution in [0.15, 0.2) is 0 Å². The number of nitrogens with zero attached hydrogens (tertiary/aromatic N) is 2. The van der Waals surface area contributed by atoms with E-state index < -0.39 is 5.60 Å². The third-order valence-electron chi connectivity index (χ3n) is 4.78. The van der Waals surface area contributed by atoms with Crippen molar-refractivity contribution in [3.8, 4) is 0 Å². The third-order valence-corrected chi connectivity index (χ3v) is 4.78. The molecule has 0 aromatic carbocycles. The Labute approximate surface area is 141 Å². The van der Waals surface area contributed by atoms with Gasteiger partial charge in [0.25, 0.3) is 0 Å². The number of carbonyl (C=O) groups excluding carboxylic acids is 1. The second kappa shape index (κ2) is 7.84. The molecule has 0 radical (unpaired) electrons. The van der Waals surface area contributed by atoms with E-state index in [1.54, 1.807) is 0 Å². The van der Waals surface area contributed by atoms with Crippen LogP contribution in [0.5, 0.6) is 0 Å². The molecule has 0 bridgehead atoms. The summed E-state index contributed by atoms with van der Waals surface area (Å²) in [5, 5.41) is 9.66. The average molecular weight is 326 g/mol. The fraction of sp³-hybridized carbons (Fsp3) is 0.944. The summed E-state index contributed by atoms with van der Waals surface area (Å²) in [5.41, 5.74) is -0.429. The Morgan fingerprint density at radius 2 is 1.96 bits per heavy atom. The molecule has 2 heterocycles. The van der Waals surface area contributed by atoms with Gasteiger partial charge in [-0.1, -0.05) is 0 Å². The van der Waals surface area contributed by atoms with Gasteiger partial charge >= 0.3 is 6.09 Å². The molecule has 0 saturated carbocycles. The lowest BCUT2D eigenvalue weighted by molar-refractivity contribution is 0.0137. The zero-order chi connectivity index (χ0) is 17.0. The monoisotopic (exact) mass is 326 g/mol. The molecule has 5 heteroatoms. The van der Waals surface area contributed by atoms with Crippen molar-refractivity contribution >= 4 is 6.09 Å². The van der Waals surface area contributed by atoms with E-state index >= 15 is 0 Å². The van der Waals surface area contributed by atoms with Gasteiger partial charge in [0, 0.05) is 25.7 Å². The van der Waals surface area contributed by atoms with Crippen molar-refractivity contribution in [2.45, 2.75) is 77.5 Å². The van der Waals surface area contributed by atoms with Crippen LogP contribution in [0.2, 0.25) is 0 Å². The van der Waals surface area contributed by atoms with Crippen LogP contribution in [0.25, 0.3) is 0 Å². The van der Waals surface area contributed by atoms with E-state index in [-0.39, 0.29) is 12.2 Å². The van der Waals surface area contributed by atoms with Crippen molar-refractivity contribution in [3.05, 3.63) is 0 Å². The number of likely N-dealkylation sites (tertiary alicyclic amines) is 2. The van der Waals surface area contributed by atoms with E-state index in [0.717, 1.165) is 39.0 Å². The highest BCUT2D eigenvalue weighted by molar-refractivity contribution is 5.68. The number of aliphatic hydroxyl groups is 1. The second-order valence-electron chi connectivity index (χ2n) is 8.31. The molecule has 5 nitrogen and oxygen atoms in total. The van der Waals surface area contributed by atoms with Crippen molar-refractivity contribution in [2.24, 2.45) is 5.92 Å². The van der Waals surface area contributed by atoms with Crippen LogP contribution in [-0.2, 0) is 4.74 Å². The van der Waals surface area contributed by atoms with E-state index in [9.17, 15) is 9.90 Å². The van der Waals surface area contributed by atoms with E-state index in [2.05, 4.69) is 4.90 Å². The first-order chi connectivity index (χ1) is 10.7. The molecule has 2 aliphatic heterocycles. The summed E-state index contributed by atoms with van der Waals surface area (Å²) in [6.45, 7) is 11.4. The maximum atomic E-state index is 12.3. The lowest BCUT2D eigenvalue weighted by Crippen LogP contribution is -2.46. The molecule has 2 rings (SSSR count). The standard InChI is InChI=1S/C18H34N2O3/c1-14(21)11-16-8-6-9-19(16)12-15-7-5-10-20(13-15)17(22)23-18(2,3)4/h14-16,21H,5-13H2,1-4H3. The first kappa shape index (κ1) is 18.5. The number of piperidine rings is 1. The summed E-state index contributed by atoms with van der Waals surface area (Å²) in [4.78, 5) is 16.7. The number of carbonyl (C=O) groups is 1. The average Bonchev–Trinajstić information content (AvgIpc) is 2.83. The van der Waals surface area contributed by atoms with Crippen molar-refractivity contribution in [1.29, 1.82) is 0 Å². The summed E-state index contributed by atoms with van der Waals surface area (Å²) >= 11 is 0. The van der Waals surface area contributed by atoms with Crippen molar-refractivity contribution in [2.75, 3.05) is 26.2 Å². The molecular formula is C18H34N2O3. The molecule has 0 aliphatic carbocycles. The molecule has 3 unspecified atom stereocenters. The highest BCUT2D eigenvalue weighted by Crippen LogP contribution is 2.26. The molecule has 0 aromatic rings. The van der Waals surface area contributed by atoms with Crippen LogP contribution >= 0.6 is 0 Å². The number of ether oxygens (including phenoxy) is 1. The van der Waals surface area contributed by atoms with Gasteiger partial charge < -0.3 is 14.7 Å². The molecule has 2 aliphatic rings. The van der Waals surface area contributed by atoms with E-state index in [0.29, 0.717) is 12.0 Å². The molecule has 0 spiro atoms. The maximum Gasteiger partial charge on any atom is 0.410 e. The highest BCUT2D eigenvalue weighted by atomic mass is 16.6. The first-order valence-electron chi connectivity index (χ1n) is 9.14. The Morgan fingerprint density at radius 3 is 2.61 bits per heavy atom. The Morgan fingerprint density at radius 1 is 1.26 bits per heavy atom. The molecule has 2 fully saturated rings. The van der Waals surface area contributed by atoms with Crippen LogP contribution in [-0.4, -0.2) is 64.9 Å². The summed E-state index contributed by atoms with van der Waals surface area (Å²) in [6.07, 6.45) is 5.10. The number of rotatable bonds is 4. The SMILES string of the molecule is CC(O)CC1CCCN1CC1CCCN(C(=O)OC(C)(C)C)C1. The lowest BCUT2D eigenvalue weighted by Gasteiger charge is -2.37. The molecule has 3 atom stereocenters. The predicted octanol–water partition coefficient (Wildman–Crippen LogP) is 2.87. The summed E-state index contributed by atoms with van der Waals surface area (Å²) in [6, 6.07) is 0.506. The third kappa shape index (κ3) is 5.96. The van der Waals surface area contributed by atoms with Gasteiger partial charge in [0.2, 0.25) is 0 Å². The summed E-state index contributed by atoms with van der Waals surface area (Å²) in [7, 11) is 0. The zero-order valence-electron chi connectivity index (χ0n) is 15.3. The number of hydrogen-bond acceptors (Lipinski definition) is 4. The largest absolute Gasteiger partial charge is 0.444 e. The molecule has 0 aromatic heterocycles. The van der Waals surface area contributed by atoms with Crippen LogP contribution in [0.1, 0.15) is 59.8 Å². The van der Waals surface area contributed by atoms with E-state index in [1.165, 1.54) is 19.3 Å². The van der Waals surface area contributed by atoms with Crippen LogP contribution in [0.3, 0.4) is 0 Å². The molecule has 23 heavy (non-hydrogen) atoms. The quantitative estimate of drug-likeness (QED) is 0.863. The molecule has 1 amide bonds. The van der Waals surface area contributed by atoms with Crippen LogP contribution < -0.4 is 0 Å². The van der Waals surface area contributed by atoms with Crippen LogP contribution in [0, 0.1) is 5.92 Å². The van der Waals surface area contributed by atoms with Crippen molar-refractivity contribution < 1.29 is 14.6 Å². The summed E-state index contributed by atoms with van der Waals surface area (Å²) < 4.78 is 5.51. The van der Waals surface area contributed by atoms with E-state index in [1.807, 2.05) is 32.6 Å². The van der Waals surface area contributed by atoms with Gasteiger partial charge in [0.1, 0.15) is 5.60 Å². The molecular weight excluding hydrogens is 292 g/mol. The maximum absolute atomic E-state index is 12.3. The van der Waals surface area contributed by atoms with Gasteiger partial charge in [-0.15, -0.1) is 0 Å². The van der Waals surface area contributed by atoms with Gasteiger partial charge in [0.05, 0.1) is 6.10 Å².